The number of hydrogen-bond acceptors (Lipinski definition) is 3. The molecule has 2 rings (SSSR count). The van der Waals surface area contributed by atoms with Crippen molar-refractivity contribution in [3.05, 3.63) is 0 Å². The highest BCUT2D eigenvalue weighted by molar-refractivity contribution is 5.80. The molecule has 2 N–H and O–H groups in total. The molecule has 108 valence electrons. The number of ether oxygens (including phenoxy) is 1. The number of carbonyl (C=O) groups excluding carboxylic acids is 1. The highest BCUT2D eigenvalue weighted by Crippen LogP contribution is 2.45. The van der Waals surface area contributed by atoms with Gasteiger partial charge in [-0.1, -0.05) is 0 Å². The molecule has 19 heavy (non-hydrogen) atoms. The van der Waals surface area contributed by atoms with Crippen molar-refractivity contribution in [3.8, 4) is 0 Å². The normalized spacial score (nSPS) is 24.9. The van der Waals surface area contributed by atoms with Crippen LogP contribution in [-0.4, -0.2) is 55.4 Å². The van der Waals surface area contributed by atoms with Gasteiger partial charge in [-0.3, -0.25) is 4.79 Å². The van der Waals surface area contributed by atoms with Crippen LogP contribution in [0.4, 0.5) is 4.79 Å². The van der Waals surface area contributed by atoms with Crippen molar-refractivity contribution in [2.45, 2.75) is 25.7 Å². The van der Waals surface area contributed by atoms with Gasteiger partial charge in [-0.15, -0.1) is 0 Å². The van der Waals surface area contributed by atoms with Gasteiger partial charge in [0.05, 0.1) is 12.0 Å². The molecule has 1 saturated heterocycles. The molecule has 2 aliphatic rings. The predicted molar refractivity (Wildman–Crippen MR) is 68.9 cm³/mol. The maximum absolute atomic E-state index is 12.0. The summed E-state index contributed by atoms with van der Waals surface area (Å²) in [7, 11) is 1.67. The average Bonchev–Trinajstić information content (AvgIpc) is 3.18. The number of amides is 2. The molecule has 0 spiro atoms. The largest absolute Gasteiger partial charge is 0.481 e. The molecule has 1 atom stereocenters. The van der Waals surface area contributed by atoms with E-state index in [9.17, 15) is 9.59 Å². The number of rotatable bonds is 5. The minimum Gasteiger partial charge on any atom is -0.481 e. The molecule has 1 saturated carbocycles. The third-order valence-corrected chi connectivity index (χ3v) is 4.09. The summed E-state index contributed by atoms with van der Waals surface area (Å²) in [5.74, 6) is -0.414. The first-order valence-electron chi connectivity index (χ1n) is 6.82. The molecule has 2 fully saturated rings. The van der Waals surface area contributed by atoms with Crippen LogP contribution in [0.15, 0.2) is 0 Å². The lowest BCUT2D eigenvalue weighted by Gasteiger charge is -2.32. The summed E-state index contributed by atoms with van der Waals surface area (Å²) in [6.45, 7) is 2.35. The fourth-order valence-electron chi connectivity index (χ4n) is 2.60. The molecule has 6 nitrogen and oxygen atoms in total. The Morgan fingerprint density at radius 1 is 1.47 bits per heavy atom. The van der Waals surface area contributed by atoms with Crippen LogP contribution in [-0.2, 0) is 9.53 Å². The van der Waals surface area contributed by atoms with Crippen molar-refractivity contribution in [1.82, 2.24) is 10.2 Å². The summed E-state index contributed by atoms with van der Waals surface area (Å²) >= 11 is 0. The number of piperidine rings is 1. The Morgan fingerprint density at radius 2 is 2.21 bits per heavy atom. The van der Waals surface area contributed by atoms with E-state index in [0.717, 1.165) is 19.4 Å². The van der Waals surface area contributed by atoms with Gasteiger partial charge >= 0.3 is 12.0 Å². The number of carboxylic acids is 1. The number of aliphatic carboxylic acids is 1. The van der Waals surface area contributed by atoms with Crippen LogP contribution in [0.25, 0.3) is 0 Å². The maximum Gasteiger partial charge on any atom is 0.317 e. The molecule has 6 heteroatoms. The lowest BCUT2D eigenvalue weighted by molar-refractivity contribution is -0.143. The Balaban J connectivity index is 1.78. The minimum absolute atomic E-state index is 0.145. The Morgan fingerprint density at radius 3 is 2.79 bits per heavy atom. The number of likely N-dealkylation sites (tertiary alicyclic amines) is 1. The van der Waals surface area contributed by atoms with Crippen LogP contribution in [0.1, 0.15) is 25.7 Å². The van der Waals surface area contributed by atoms with E-state index < -0.39 is 11.4 Å². The molecular formula is C13H22N2O4. The Labute approximate surface area is 113 Å². The summed E-state index contributed by atoms with van der Waals surface area (Å²) in [6, 6.07) is -0.145. The number of nitrogens with zero attached hydrogens (tertiary/aromatic N) is 1. The van der Waals surface area contributed by atoms with Gasteiger partial charge < -0.3 is 20.1 Å². The van der Waals surface area contributed by atoms with Gasteiger partial charge in [0.2, 0.25) is 0 Å². The molecule has 0 aromatic carbocycles. The van der Waals surface area contributed by atoms with E-state index in [-0.39, 0.29) is 12.6 Å². The molecule has 2 amide bonds. The molecule has 0 bridgehead atoms. The first-order chi connectivity index (χ1) is 9.07. The SMILES string of the molecule is COCC1CCCN(C(=O)NCC2(C(=O)O)CC2)C1. The van der Waals surface area contributed by atoms with Crippen molar-refractivity contribution in [2.75, 3.05) is 33.4 Å². The van der Waals surface area contributed by atoms with Crippen LogP contribution in [0, 0.1) is 11.3 Å². The Kier molecular flexibility index (Phi) is 4.29. The third kappa shape index (κ3) is 3.37. The third-order valence-electron chi connectivity index (χ3n) is 4.09. The van der Waals surface area contributed by atoms with Crippen LogP contribution in [0.2, 0.25) is 0 Å². The van der Waals surface area contributed by atoms with Gasteiger partial charge in [0, 0.05) is 32.7 Å². The zero-order valence-corrected chi connectivity index (χ0v) is 11.4. The van der Waals surface area contributed by atoms with Gasteiger partial charge in [-0.2, -0.15) is 0 Å². The molecule has 0 radical (unpaired) electrons. The van der Waals surface area contributed by atoms with Crippen LogP contribution >= 0.6 is 0 Å². The van der Waals surface area contributed by atoms with Gasteiger partial charge in [-0.05, 0) is 25.7 Å². The van der Waals surface area contributed by atoms with Crippen molar-refractivity contribution in [2.24, 2.45) is 11.3 Å². The molecule has 0 aromatic heterocycles. The van der Waals surface area contributed by atoms with Gasteiger partial charge in [0.25, 0.3) is 0 Å². The standard InChI is InChI=1S/C13H22N2O4/c1-19-8-10-3-2-6-15(7-10)12(18)14-9-13(4-5-13)11(16)17/h10H,2-9H2,1H3,(H,14,18)(H,16,17). The fraction of sp³-hybridized carbons (Fsp3) is 0.846. The second kappa shape index (κ2) is 5.77. The number of carboxylic acid groups (broad SMARTS) is 1. The zero-order valence-electron chi connectivity index (χ0n) is 11.4. The summed E-state index contributed by atoms with van der Waals surface area (Å²) in [4.78, 5) is 24.8. The quantitative estimate of drug-likeness (QED) is 0.778. The number of methoxy groups -OCH3 is 1. The smallest absolute Gasteiger partial charge is 0.317 e. The number of carbonyl (C=O) groups is 2. The van der Waals surface area contributed by atoms with E-state index >= 15 is 0 Å². The van der Waals surface area contributed by atoms with Crippen molar-refractivity contribution in [3.63, 3.8) is 0 Å². The second-order valence-corrected chi connectivity index (χ2v) is 5.65. The maximum atomic E-state index is 12.0. The van der Waals surface area contributed by atoms with E-state index in [4.69, 9.17) is 9.84 Å². The Hall–Kier alpha value is -1.30. The van der Waals surface area contributed by atoms with Gasteiger partial charge in [0.15, 0.2) is 0 Å². The summed E-state index contributed by atoms with van der Waals surface area (Å²) in [5.41, 5.74) is -0.697. The summed E-state index contributed by atoms with van der Waals surface area (Å²) in [6.07, 6.45) is 3.38. The van der Waals surface area contributed by atoms with Crippen LogP contribution < -0.4 is 5.32 Å². The molecule has 1 aliphatic heterocycles. The summed E-state index contributed by atoms with van der Waals surface area (Å²) in [5, 5.41) is 11.8. The van der Waals surface area contributed by atoms with Crippen molar-refractivity contribution >= 4 is 12.0 Å². The second-order valence-electron chi connectivity index (χ2n) is 5.65. The monoisotopic (exact) mass is 270 g/mol. The van der Waals surface area contributed by atoms with Gasteiger partial charge in [0.1, 0.15) is 0 Å². The lowest BCUT2D eigenvalue weighted by atomic mass is 9.99. The number of hydrogen-bond donors (Lipinski definition) is 2. The highest BCUT2D eigenvalue weighted by Gasteiger charge is 2.50. The number of urea groups is 1. The predicted octanol–water partition coefficient (Wildman–Crippen LogP) is 0.919. The molecule has 1 unspecified atom stereocenters. The molecule has 0 aromatic rings. The Bertz CT molecular complexity index is 353. The van der Waals surface area contributed by atoms with E-state index in [1.165, 1.54) is 0 Å². The van der Waals surface area contributed by atoms with Crippen molar-refractivity contribution in [1.29, 1.82) is 0 Å². The van der Waals surface area contributed by atoms with Crippen LogP contribution in [0.3, 0.4) is 0 Å². The van der Waals surface area contributed by atoms with E-state index in [2.05, 4.69) is 5.32 Å². The highest BCUT2D eigenvalue weighted by atomic mass is 16.5. The number of nitrogens with one attached hydrogen (secondary N) is 1. The first-order valence-corrected chi connectivity index (χ1v) is 6.82. The minimum atomic E-state index is -0.802. The van der Waals surface area contributed by atoms with Crippen molar-refractivity contribution < 1.29 is 19.4 Å². The van der Waals surface area contributed by atoms with Gasteiger partial charge in [-0.25, -0.2) is 4.79 Å². The van der Waals surface area contributed by atoms with E-state index in [1.807, 2.05) is 0 Å². The molecule has 1 aliphatic carbocycles. The topological polar surface area (TPSA) is 78.9 Å². The molecular weight excluding hydrogens is 248 g/mol. The van der Waals surface area contributed by atoms with Crippen LogP contribution in [0.5, 0.6) is 0 Å². The lowest BCUT2D eigenvalue weighted by Crippen LogP contribution is -2.48. The zero-order chi connectivity index (χ0) is 13.9. The molecule has 1 heterocycles. The first kappa shape index (κ1) is 14.1. The van der Waals surface area contributed by atoms with E-state index in [0.29, 0.717) is 31.9 Å². The average molecular weight is 270 g/mol. The summed E-state index contributed by atoms with van der Waals surface area (Å²) < 4.78 is 5.13. The fourth-order valence-corrected chi connectivity index (χ4v) is 2.60. The van der Waals surface area contributed by atoms with E-state index in [1.54, 1.807) is 12.0 Å².